The number of nitrogens with zero attached hydrogens (tertiary/aromatic N) is 2. The lowest BCUT2D eigenvalue weighted by atomic mass is 9.93. The number of amides is 1. The van der Waals surface area contributed by atoms with Crippen LogP contribution in [0.15, 0.2) is 42.7 Å². The van der Waals surface area contributed by atoms with E-state index in [0.717, 1.165) is 55.8 Å². The molecule has 0 radical (unpaired) electrons. The maximum Gasteiger partial charge on any atom is 0.231 e. The molecule has 0 bridgehead atoms. The van der Waals surface area contributed by atoms with Crippen molar-refractivity contribution in [2.75, 3.05) is 26.4 Å². The van der Waals surface area contributed by atoms with Crippen LogP contribution >= 0.6 is 0 Å². The van der Waals surface area contributed by atoms with Crippen LogP contribution < -0.4 is 14.8 Å². The van der Waals surface area contributed by atoms with Gasteiger partial charge in [0.15, 0.2) is 11.5 Å². The van der Waals surface area contributed by atoms with Crippen LogP contribution in [-0.4, -0.2) is 42.2 Å². The van der Waals surface area contributed by atoms with E-state index >= 15 is 0 Å². The number of nitrogens with one attached hydrogen (secondary N) is 1. The van der Waals surface area contributed by atoms with E-state index in [1.54, 1.807) is 12.4 Å². The van der Waals surface area contributed by atoms with Gasteiger partial charge in [0.1, 0.15) is 0 Å². The molecule has 1 atom stereocenters. The van der Waals surface area contributed by atoms with E-state index in [1.165, 1.54) is 0 Å². The van der Waals surface area contributed by atoms with E-state index in [9.17, 15) is 4.79 Å². The second-order valence-corrected chi connectivity index (χ2v) is 7.46. The van der Waals surface area contributed by atoms with Crippen molar-refractivity contribution in [1.29, 1.82) is 0 Å². The molecule has 0 aliphatic carbocycles. The van der Waals surface area contributed by atoms with Gasteiger partial charge in [-0.2, -0.15) is 0 Å². The summed E-state index contributed by atoms with van der Waals surface area (Å²) in [5.41, 5.74) is 1.92. The lowest BCUT2D eigenvalue weighted by molar-refractivity contribution is -0.127. The molecule has 1 saturated heterocycles. The summed E-state index contributed by atoms with van der Waals surface area (Å²) in [6.45, 7) is 5.53. The molecule has 1 aromatic heterocycles. The van der Waals surface area contributed by atoms with Crippen LogP contribution in [0.3, 0.4) is 0 Å². The summed E-state index contributed by atoms with van der Waals surface area (Å²) < 4.78 is 10.9. The Morgan fingerprint density at radius 3 is 2.79 bits per heavy atom. The number of rotatable bonds is 6. The standard InChI is InChI=1S/C22H27N3O3/c1-2-10-25-11-7-16(8-12-25)22(26)24-21(18-4-3-9-23-14-18)17-5-6-19-20(13-17)28-15-27-19/h3-6,9,13-14,16,21H,2,7-8,10-12,15H2,1H3,(H,24,26). The van der Waals surface area contributed by atoms with Crippen LogP contribution in [0.5, 0.6) is 11.5 Å². The predicted octanol–water partition coefficient (Wildman–Crippen LogP) is 3.14. The lowest BCUT2D eigenvalue weighted by Gasteiger charge is -2.32. The molecule has 4 rings (SSSR count). The average molecular weight is 381 g/mol. The van der Waals surface area contributed by atoms with Gasteiger partial charge in [-0.1, -0.05) is 19.1 Å². The van der Waals surface area contributed by atoms with Gasteiger partial charge in [-0.3, -0.25) is 9.78 Å². The van der Waals surface area contributed by atoms with Crippen molar-refractivity contribution >= 4 is 5.91 Å². The number of aromatic nitrogens is 1. The fraction of sp³-hybridized carbons (Fsp3) is 0.455. The molecule has 0 saturated carbocycles. The fourth-order valence-corrected chi connectivity index (χ4v) is 3.99. The van der Waals surface area contributed by atoms with Crippen molar-refractivity contribution in [3.8, 4) is 11.5 Å². The Kier molecular flexibility index (Phi) is 5.76. The summed E-state index contributed by atoms with van der Waals surface area (Å²) in [5.74, 6) is 1.63. The highest BCUT2D eigenvalue weighted by molar-refractivity contribution is 5.79. The Balaban J connectivity index is 1.51. The number of hydrogen-bond donors (Lipinski definition) is 1. The van der Waals surface area contributed by atoms with Gasteiger partial charge in [-0.05, 0) is 68.2 Å². The maximum atomic E-state index is 13.0. The van der Waals surface area contributed by atoms with Crippen molar-refractivity contribution in [1.82, 2.24) is 15.2 Å². The molecule has 1 N–H and O–H groups in total. The van der Waals surface area contributed by atoms with Crippen molar-refractivity contribution in [3.05, 3.63) is 53.9 Å². The number of carbonyl (C=O) groups excluding carboxylic acids is 1. The van der Waals surface area contributed by atoms with Crippen LogP contribution in [0, 0.1) is 5.92 Å². The van der Waals surface area contributed by atoms with Gasteiger partial charge in [0.25, 0.3) is 0 Å². The number of ether oxygens (including phenoxy) is 2. The summed E-state index contributed by atoms with van der Waals surface area (Å²) in [6.07, 6.45) is 6.52. The van der Waals surface area contributed by atoms with Crippen LogP contribution in [0.25, 0.3) is 0 Å². The third-order valence-electron chi connectivity index (χ3n) is 5.53. The minimum atomic E-state index is -0.260. The molecule has 1 aromatic carbocycles. The Labute approximate surface area is 165 Å². The zero-order valence-corrected chi connectivity index (χ0v) is 16.3. The largest absolute Gasteiger partial charge is 0.454 e. The number of likely N-dealkylation sites (tertiary alicyclic amines) is 1. The molecule has 148 valence electrons. The van der Waals surface area contributed by atoms with Gasteiger partial charge in [-0.15, -0.1) is 0 Å². The lowest BCUT2D eigenvalue weighted by Crippen LogP contribution is -2.42. The van der Waals surface area contributed by atoms with Crippen LogP contribution in [0.1, 0.15) is 43.4 Å². The van der Waals surface area contributed by atoms with Gasteiger partial charge in [-0.25, -0.2) is 0 Å². The second-order valence-electron chi connectivity index (χ2n) is 7.46. The Morgan fingerprint density at radius 1 is 1.21 bits per heavy atom. The second kappa shape index (κ2) is 8.61. The molecule has 1 fully saturated rings. The maximum absolute atomic E-state index is 13.0. The van der Waals surface area contributed by atoms with E-state index in [-0.39, 0.29) is 24.7 Å². The van der Waals surface area contributed by atoms with E-state index in [0.29, 0.717) is 5.75 Å². The molecule has 1 amide bonds. The molecular formula is C22H27N3O3. The number of carbonyl (C=O) groups is 1. The number of piperidine rings is 1. The van der Waals surface area contributed by atoms with E-state index in [4.69, 9.17) is 9.47 Å². The monoisotopic (exact) mass is 381 g/mol. The van der Waals surface area contributed by atoms with Crippen LogP contribution in [-0.2, 0) is 4.79 Å². The molecule has 2 aliphatic rings. The van der Waals surface area contributed by atoms with E-state index in [2.05, 4.69) is 22.1 Å². The first-order valence-corrected chi connectivity index (χ1v) is 10.1. The Hall–Kier alpha value is -2.60. The Morgan fingerprint density at radius 2 is 2.04 bits per heavy atom. The number of hydrogen-bond acceptors (Lipinski definition) is 5. The first-order valence-electron chi connectivity index (χ1n) is 10.1. The SMILES string of the molecule is CCCN1CCC(C(=O)NC(c2cccnc2)c2ccc3c(c2)OCO3)CC1. The zero-order valence-electron chi connectivity index (χ0n) is 16.3. The minimum Gasteiger partial charge on any atom is -0.454 e. The fourth-order valence-electron chi connectivity index (χ4n) is 3.99. The normalized spacial score (nSPS) is 18.0. The van der Waals surface area contributed by atoms with Crippen molar-refractivity contribution in [2.45, 2.75) is 32.2 Å². The quantitative estimate of drug-likeness (QED) is 0.833. The van der Waals surface area contributed by atoms with E-state index < -0.39 is 0 Å². The number of pyridine rings is 1. The molecule has 2 aliphatic heterocycles. The molecule has 0 spiro atoms. The van der Waals surface area contributed by atoms with Gasteiger partial charge in [0.2, 0.25) is 12.7 Å². The van der Waals surface area contributed by atoms with Gasteiger partial charge in [0.05, 0.1) is 6.04 Å². The molecule has 6 heteroatoms. The predicted molar refractivity (Wildman–Crippen MR) is 106 cm³/mol. The third-order valence-corrected chi connectivity index (χ3v) is 5.53. The molecule has 6 nitrogen and oxygen atoms in total. The minimum absolute atomic E-state index is 0.0567. The van der Waals surface area contributed by atoms with Crippen molar-refractivity contribution in [3.63, 3.8) is 0 Å². The highest BCUT2D eigenvalue weighted by Crippen LogP contribution is 2.35. The molecule has 1 unspecified atom stereocenters. The molecule has 2 aromatic rings. The Bertz CT molecular complexity index is 804. The third kappa shape index (κ3) is 4.12. The summed E-state index contributed by atoms with van der Waals surface area (Å²) in [7, 11) is 0. The van der Waals surface area contributed by atoms with Gasteiger partial charge < -0.3 is 19.7 Å². The van der Waals surface area contributed by atoms with Crippen molar-refractivity contribution in [2.24, 2.45) is 5.92 Å². The highest BCUT2D eigenvalue weighted by Gasteiger charge is 2.28. The molecule has 3 heterocycles. The topological polar surface area (TPSA) is 63.7 Å². The van der Waals surface area contributed by atoms with Crippen molar-refractivity contribution < 1.29 is 14.3 Å². The summed E-state index contributed by atoms with van der Waals surface area (Å²) in [5, 5.41) is 3.26. The molecular weight excluding hydrogens is 354 g/mol. The van der Waals surface area contributed by atoms with Crippen LogP contribution in [0.2, 0.25) is 0 Å². The van der Waals surface area contributed by atoms with E-state index in [1.807, 2.05) is 30.3 Å². The molecule has 28 heavy (non-hydrogen) atoms. The smallest absolute Gasteiger partial charge is 0.231 e. The summed E-state index contributed by atoms with van der Waals surface area (Å²) >= 11 is 0. The average Bonchev–Trinajstić information content (AvgIpc) is 3.21. The van der Waals surface area contributed by atoms with Gasteiger partial charge >= 0.3 is 0 Å². The zero-order chi connectivity index (χ0) is 19.3. The van der Waals surface area contributed by atoms with Crippen LogP contribution in [0.4, 0.5) is 0 Å². The number of benzene rings is 1. The van der Waals surface area contributed by atoms with Gasteiger partial charge in [0, 0.05) is 18.3 Å². The summed E-state index contributed by atoms with van der Waals surface area (Å²) in [6, 6.07) is 9.46. The number of fused-ring (bicyclic) bond motifs is 1. The first-order chi connectivity index (χ1) is 13.7. The first kappa shape index (κ1) is 18.7. The highest BCUT2D eigenvalue weighted by atomic mass is 16.7. The summed E-state index contributed by atoms with van der Waals surface area (Å²) in [4.78, 5) is 19.7.